The molecule has 0 unspecified atom stereocenters. The maximum atomic E-state index is 12.7. The van der Waals surface area contributed by atoms with Crippen LogP contribution in [0.2, 0.25) is 0 Å². The van der Waals surface area contributed by atoms with Crippen LogP contribution >= 0.6 is 0 Å². The molecule has 35 heavy (non-hydrogen) atoms. The highest BCUT2D eigenvalue weighted by atomic mass is 32.2. The number of nitrogens with one attached hydrogen (secondary N) is 4. The van der Waals surface area contributed by atoms with Crippen LogP contribution in [0.15, 0.2) is 47.6 Å². The minimum Gasteiger partial charge on any atom is -0.348 e. The first-order valence-electron chi connectivity index (χ1n) is 11.1. The molecule has 0 bridgehead atoms. The largest absolute Gasteiger partial charge is 0.401 e. The van der Waals surface area contributed by atoms with Crippen LogP contribution in [0.5, 0.6) is 0 Å². The lowest BCUT2D eigenvalue weighted by Gasteiger charge is -2.29. The molecular weight excluding hydrogens is 485 g/mol. The molecule has 0 saturated heterocycles. The quantitative estimate of drug-likeness (QED) is 0.369. The number of hydrogen-bond donors (Lipinski definition) is 4. The molecule has 0 aliphatic heterocycles. The summed E-state index contributed by atoms with van der Waals surface area (Å²) in [5.41, 5.74) is 1.68. The lowest BCUT2D eigenvalue weighted by molar-refractivity contribution is -0.126. The summed E-state index contributed by atoms with van der Waals surface area (Å²) in [6.07, 6.45) is 0.589. The third-order valence-corrected chi connectivity index (χ3v) is 7.42. The first-order valence-corrected chi connectivity index (χ1v) is 12.6. The Hall–Kier alpha value is -3.03. The normalized spacial score (nSPS) is 19.1. The van der Waals surface area contributed by atoms with Crippen molar-refractivity contribution in [3.63, 3.8) is 0 Å². The van der Waals surface area contributed by atoms with Crippen molar-refractivity contribution in [1.82, 2.24) is 30.5 Å². The number of sulfonamides is 1. The lowest BCUT2D eigenvalue weighted by atomic mass is 9.92. The number of aromatic nitrogens is 3. The van der Waals surface area contributed by atoms with Crippen LogP contribution in [-0.2, 0) is 16.6 Å². The predicted octanol–water partition coefficient (Wildman–Crippen LogP) is 2.63. The number of fused-ring (bicyclic) bond motifs is 1. The highest BCUT2D eigenvalue weighted by molar-refractivity contribution is 7.89. The Morgan fingerprint density at radius 3 is 2.43 bits per heavy atom. The summed E-state index contributed by atoms with van der Waals surface area (Å²) in [5, 5.41) is 12.5. The minimum absolute atomic E-state index is 0.0829. The predicted molar refractivity (Wildman–Crippen MR) is 122 cm³/mol. The van der Waals surface area contributed by atoms with Gasteiger partial charge >= 0.3 is 6.18 Å². The van der Waals surface area contributed by atoms with Crippen LogP contribution in [0, 0.1) is 0 Å². The fourth-order valence-corrected chi connectivity index (χ4v) is 5.30. The number of rotatable bonds is 8. The van der Waals surface area contributed by atoms with Gasteiger partial charge in [-0.15, -0.1) is 0 Å². The van der Waals surface area contributed by atoms with Gasteiger partial charge in [-0.2, -0.15) is 18.3 Å². The summed E-state index contributed by atoms with van der Waals surface area (Å²) < 4.78 is 65.2. The second-order valence-electron chi connectivity index (χ2n) is 8.52. The Kier molecular flexibility index (Phi) is 7.38. The molecule has 0 atom stereocenters. The number of aromatic amines is 1. The topological polar surface area (TPSA) is 129 Å². The molecule has 1 amide bonds. The molecule has 13 heteroatoms. The zero-order valence-corrected chi connectivity index (χ0v) is 19.4. The Balaban J connectivity index is 1.27. The van der Waals surface area contributed by atoms with Crippen molar-refractivity contribution >= 4 is 27.0 Å². The molecule has 1 aliphatic rings. The summed E-state index contributed by atoms with van der Waals surface area (Å²) in [7, 11) is -3.77. The Labute approximate surface area is 199 Å². The van der Waals surface area contributed by atoms with Crippen LogP contribution in [0.3, 0.4) is 0 Å². The number of carbonyl (C=O) groups excluding carboxylic acids is 1. The average molecular weight is 511 g/mol. The molecule has 188 valence electrons. The fraction of sp³-hybridized carbons (Fsp3) is 0.409. The van der Waals surface area contributed by atoms with Crippen molar-refractivity contribution in [2.75, 3.05) is 6.54 Å². The molecule has 4 N–H and O–H groups in total. The number of amides is 1. The summed E-state index contributed by atoms with van der Waals surface area (Å²) in [4.78, 5) is 16.6. The van der Waals surface area contributed by atoms with Crippen molar-refractivity contribution in [3.8, 4) is 0 Å². The lowest BCUT2D eigenvalue weighted by Crippen LogP contribution is -2.44. The standard InChI is InChI=1S/C22H25F3N6O3S/c23-22(24,25)13-28-17-3-5-18(6-4-17)31-35(33,34)19-7-1-14(2-8-19)10-27-21(32)16-9-15-12-29-30-20(15)26-11-16/h1-2,7-9,11-12,17-18,28,31H,3-6,10,13H2,(H,27,32)(H,26,29,30). The second kappa shape index (κ2) is 10.3. The van der Waals surface area contributed by atoms with Crippen molar-refractivity contribution < 1.29 is 26.4 Å². The highest BCUT2D eigenvalue weighted by Gasteiger charge is 2.30. The van der Waals surface area contributed by atoms with Gasteiger partial charge < -0.3 is 10.6 Å². The molecule has 1 aromatic carbocycles. The molecule has 2 heterocycles. The molecule has 1 fully saturated rings. The first kappa shape index (κ1) is 25.1. The van der Waals surface area contributed by atoms with Gasteiger partial charge in [0.1, 0.15) is 0 Å². The van der Waals surface area contributed by atoms with E-state index >= 15 is 0 Å². The molecular formula is C22H25F3N6O3S. The van der Waals surface area contributed by atoms with Crippen LogP contribution < -0.4 is 15.4 Å². The SMILES string of the molecule is O=C(NCc1ccc(S(=O)(=O)NC2CCC(NCC(F)(F)F)CC2)cc1)c1cnc2[nH]ncc2c1. The average Bonchev–Trinajstić information content (AvgIpc) is 3.30. The van der Waals surface area contributed by atoms with E-state index in [1.165, 1.54) is 18.3 Å². The van der Waals surface area contributed by atoms with Gasteiger partial charge in [0.25, 0.3) is 5.91 Å². The van der Waals surface area contributed by atoms with Gasteiger partial charge in [0, 0.05) is 30.2 Å². The number of carbonyl (C=O) groups is 1. The van der Waals surface area contributed by atoms with E-state index < -0.39 is 22.7 Å². The Morgan fingerprint density at radius 2 is 1.74 bits per heavy atom. The maximum absolute atomic E-state index is 12.7. The van der Waals surface area contributed by atoms with E-state index in [4.69, 9.17) is 0 Å². The number of nitrogens with zero attached hydrogens (tertiary/aromatic N) is 2. The van der Waals surface area contributed by atoms with Gasteiger partial charge in [0.2, 0.25) is 10.0 Å². The van der Waals surface area contributed by atoms with E-state index in [-0.39, 0.29) is 29.4 Å². The van der Waals surface area contributed by atoms with Crippen molar-refractivity contribution in [1.29, 1.82) is 0 Å². The summed E-state index contributed by atoms with van der Waals surface area (Å²) in [5.74, 6) is -0.320. The zero-order chi connectivity index (χ0) is 25.1. The zero-order valence-electron chi connectivity index (χ0n) is 18.6. The third-order valence-electron chi connectivity index (χ3n) is 5.88. The van der Waals surface area contributed by atoms with Crippen LogP contribution in [0.25, 0.3) is 11.0 Å². The van der Waals surface area contributed by atoms with Gasteiger partial charge in [0.15, 0.2) is 5.65 Å². The molecule has 4 rings (SSSR count). The summed E-state index contributed by atoms with van der Waals surface area (Å²) in [6.45, 7) is -0.845. The smallest absolute Gasteiger partial charge is 0.348 e. The highest BCUT2D eigenvalue weighted by Crippen LogP contribution is 2.22. The second-order valence-corrected chi connectivity index (χ2v) is 10.2. The molecule has 0 radical (unpaired) electrons. The van der Waals surface area contributed by atoms with Crippen LogP contribution in [0.1, 0.15) is 41.6 Å². The third kappa shape index (κ3) is 6.77. The number of benzene rings is 1. The van der Waals surface area contributed by atoms with Gasteiger partial charge in [-0.25, -0.2) is 18.1 Å². The fourth-order valence-electron chi connectivity index (χ4n) is 3.99. The number of alkyl halides is 3. The Morgan fingerprint density at radius 1 is 1.06 bits per heavy atom. The van der Waals surface area contributed by atoms with Crippen LogP contribution in [0.4, 0.5) is 13.2 Å². The van der Waals surface area contributed by atoms with E-state index in [0.717, 1.165) is 0 Å². The van der Waals surface area contributed by atoms with E-state index in [9.17, 15) is 26.4 Å². The van der Waals surface area contributed by atoms with Gasteiger partial charge in [-0.3, -0.25) is 9.89 Å². The monoisotopic (exact) mass is 510 g/mol. The number of H-pyrrole nitrogens is 1. The van der Waals surface area contributed by atoms with Crippen LogP contribution in [-0.4, -0.2) is 54.3 Å². The van der Waals surface area contributed by atoms with Gasteiger partial charge in [0.05, 0.1) is 23.2 Å². The molecule has 1 saturated carbocycles. The Bertz CT molecular complexity index is 1270. The summed E-state index contributed by atoms with van der Waals surface area (Å²) in [6, 6.07) is 7.21. The number of pyridine rings is 1. The molecule has 3 aromatic rings. The molecule has 9 nitrogen and oxygen atoms in total. The van der Waals surface area contributed by atoms with E-state index in [0.29, 0.717) is 47.8 Å². The minimum atomic E-state index is -4.26. The van der Waals surface area contributed by atoms with E-state index in [1.807, 2.05) is 0 Å². The molecule has 1 aliphatic carbocycles. The van der Waals surface area contributed by atoms with Gasteiger partial charge in [-0.1, -0.05) is 12.1 Å². The van der Waals surface area contributed by atoms with Gasteiger partial charge in [-0.05, 0) is 49.4 Å². The van der Waals surface area contributed by atoms with E-state index in [1.54, 1.807) is 24.4 Å². The molecule has 2 aromatic heterocycles. The summed E-state index contributed by atoms with van der Waals surface area (Å²) >= 11 is 0. The first-order chi connectivity index (χ1) is 16.6. The molecule has 0 spiro atoms. The van der Waals surface area contributed by atoms with Crippen molar-refractivity contribution in [2.24, 2.45) is 0 Å². The van der Waals surface area contributed by atoms with E-state index in [2.05, 4.69) is 30.5 Å². The van der Waals surface area contributed by atoms with Crippen molar-refractivity contribution in [2.45, 2.75) is 55.4 Å². The van der Waals surface area contributed by atoms with Crippen molar-refractivity contribution in [3.05, 3.63) is 53.9 Å². The number of hydrogen-bond acceptors (Lipinski definition) is 6. The maximum Gasteiger partial charge on any atom is 0.401 e. The number of halogens is 3.